The van der Waals surface area contributed by atoms with Crippen molar-refractivity contribution in [1.82, 2.24) is 9.97 Å². The van der Waals surface area contributed by atoms with Crippen LogP contribution in [0, 0.1) is 27.7 Å². The van der Waals surface area contributed by atoms with Crippen molar-refractivity contribution in [2.24, 2.45) is 0 Å². The summed E-state index contributed by atoms with van der Waals surface area (Å²) >= 11 is 0. The summed E-state index contributed by atoms with van der Waals surface area (Å²) in [5.74, 6) is 1.59. The molecule has 5 aromatic carbocycles. The van der Waals surface area contributed by atoms with E-state index in [1.165, 1.54) is 16.7 Å². The topological polar surface area (TPSA) is 66.4 Å². The number of benzene rings is 5. The van der Waals surface area contributed by atoms with E-state index >= 15 is 0 Å². The Morgan fingerprint density at radius 1 is 0.517 bits per heavy atom. The number of hydrogen-bond acceptors (Lipinski definition) is 6. The molecule has 0 fully saturated rings. The van der Waals surface area contributed by atoms with Gasteiger partial charge in [-0.1, -0.05) is 122 Å². The van der Waals surface area contributed by atoms with Crippen LogP contribution in [0.3, 0.4) is 0 Å². The van der Waals surface area contributed by atoms with Crippen LogP contribution in [0.2, 0.25) is 0 Å². The SMILES string of the molecule is Cc1cc(C)c(N2/C(=C/C=C3C(=O)c4cc5ccccc5cc4C3=O)N(c3c(C(C)(C)C)cc(C(C)(C)C)cc3C(C)(C)C)c3nc4cc(C)ccc4nc32)c(C)c1. The number of nitrogens with zero attached hydrogens (tertiary/aromatic N) is 4. The third-order valence-electron chi connectivity index (χ3n) is 11.6. The van der Waals surface area contributed by atoms with Crippen molar-refractivity contribution in [1.29, 1.82) is 0 Å². The molecule has 0 N–H and O–H groups in total. The lowest BCUT2D eigenvalue weighted by molar-refractivity contribution is 0.0988. The van der Waals surface area contributed by atoms with Crippen molar-refractivity contribution >= 4 is 56.4 Å². The van der Waals surface area contributed by atoms with Crippen LogP contribution in [0.15, 0.2) is 102 Å². The van der Waals surface area contributed by atoms with Crippen LogP contribution in [0.5, 0.6) is 0 Å². The Balaban J connectivity index is 1.50. The average molecular weight is 767 g/mol. The lowest BCUT2D eigenvalue weighted by Gasteiger charge is -2.37. The molecule has 0 bridgehead atoms. The van der Waals surface area contributed by atoms with Crippen molar-refractivity contribution < 1.29 is 9.59 Å². The van der Waals surface area contributed by atoms with Crippen molar-refractivity contribution in [3.8, 4) is 0 Å². The number of rotatable bonds is 3. The third-order valence-corrected chi connectivity index (χ3v) is 11.6. The second kappa shape index (κ2) is 13.3. The standard InChI is InChI=1S/C52H54N4O2/c1-29-18-20-41-42(24-29)54-49-48(53-41)55(44-31(3)22-30(2)23-32(44)4)43(21-19-36-46(57)37-25-33-16-14-15-17-34(33)26-38(37)47(36)58)56(49)45-39(51(8,9)10)27-35(50(5,6)7)28-40(45)52(11,12)13/h14-28H,1-13H3/b43-21-. The summed E-state index contributed by atoms with van der Waals surface area (Å²) < 4.78 is 0. The highest BCUT2D eigenvalue weighted by atomic mass is 16.2. The molecule has 0 saturated heterocycles. The molecule has 2 aliphatic rings. The lowest BCUT2D eigenvalue weighted by Crippen LogP contribution is -2.30. The van der Waals surface area contributed by atoms with E-state index in [2.05, 4.69) is 136 Å². The van der Waals surface area contributed by atoms with Gasteiger partial charge in [0.25, 0.3) is 0 Å². The molecule has 8 rings (SSSR count). The predicted octanol–water partition coefficient (Wildman–Crippen LogP) is 13.0. The summed E-state index contributed by atoms with van der Waals surface area (Å²) in [4.78, 5) is 43.9. The van der Waals surface area contributed by atoms with E-state index in [1.54, 1.807) is 6.08 Å². The molecule has 1 aliphatic carbocycles. The Morgan fingerprint density at radius 3 is 1.52 bits per heavy atom. The van der Waals surface area contributed by atoms with E-state index in [0.717, 1.165) is 61.3 Å². The molecule has 1 aliphatic heterocycles. The Bertz CT molecular complexity index is 2700. The zero-order valence-electron chi connectivity index (χ0n) is 36.3. The van der Waals surface area contributed by atoms with Crippen LogP contribution in [0.4, 0.5) is 23.0 Å². The molecular weight excluding hydrogens is 713 g/mol. The first kappa shape index (κ1) is 39.0. The van der Waals surface area contributed by atoms with Crippen molar-refractivity contribution in [3.63, 3.8) is 0 Å². The van der Waals surface area contributed by atoms with Gasteiger partial charge in [0.2, 0.25) is 0 Å². The van der Waals surface area contributed by atoms with Crippen molar-refractivity contribution in [2.45, 2.75) is 106 Å². The highest BCUT2D eigenvalue weighted by Crippen LogP contribution is 2.54. The Labute approximate surface area is 343 Å². The van der Waals surface area contributed by atoms with E-state index in [-0.39, 0.29) is 33.4 Å². The number of ketones is 2. The summed E-state index contributed by atoms with van der Waals surface area (Å²) in [5.41, 5.74) is 12.0. The summed E-state index contributed by atoms with van der Waals surface area (Å²) in [7, 11) is 0. The normalized spacial score (nSPS) is 15.3. The number of Topliss-reactive ketones (excluding diaryl/α,β-unsaturated/α-hetero) is 2. The van der Waals surface area contributed by atoms with Crippen LogP contribution in [0.1, 0.15) is 122 Å². The molecule has 0 amide bonds. The van der Waals surface area contributed by atoms with Gasteiger partial charge in [0.05, 0.1) is 28.0 Å². The van der Waals surface area contributed by atoms with E-state index in [9.17, 15) is 9.59 Å². The first-order valence-electron chi connectivity index (χ1n) is 20.3. The van der Waals surface area contributed by atoms with E-state index < -0.39 is 0 Å². The van der Waals surface area contributed by atoms with Crippen LogP contribution in [-0.2, 0) is 16.2 Å². The summed E-state index contributed by atoms with van der Waals surface area (Å²) in [5, 5.41) is 1.86. The van der Waals surface area contributed by atoms with E-state index in [4.69, 9.17) is 9.97 Å². The highest BCUT2D eigenvalue weighted by Gasteiger charge is 2.43. The van der Waals surface area contributed by atoms with Crippen LogP contribution in [-0.4, -0.2) is 21.5 Å². The minimum absolute atomic E-state index is 0.108. The third kappa shape index (κ3) is 6.43. The first-order valence-corrected chi connectivity index (χ1v) is 20.3. The minimum Gasteiger partial charge on any atom is -0.288 e. The van der Waals surface area contributed by atoms with Gasteiger partial charge in [-0.3, -0.25) is 19.4 Å². The molecule has 0 radical (unpaired) electrons. The maximum Gasteiger partial charge on any atom is 0.197 e. The van der Waals surface area contributed by atoms with Gasteiger partial charge in [0.15, 0.2) is 23.2 Å². The van der Waals surface area contributed by atoms with Crippen LogP contribution < -0.4 is 9.80 Å². The number of carbonyl (C=O) groups excluding carboxylic acids is 2. The summed E-state index contributed by atoms with van der Waals surface area (Å²) in [6.07, 6.45) is 3.68. The lowest BCUT2D eigenvalue weighted by atomic mass is 9.74. The predicted molar refractivity (Wildman–Crippen MR) is 241 cm³/mol. The second-order valence-electron chi connectivity index (χ2n) is 19.5. The molecule has 1 aromatic heterocycles. The number of allylic oxidation sites excluding steroid dienone is 3. The van der Waals surface area contributed by atoms with Gasteiger partial charge in [-0.2, -0.15) is 0 Å². The molecular formula is C52H54N4O2. The monoisotopic (exact) mass is 766 g/mol. The van der Waals surface area contributed by atoms with Crippen LogP contribution in [0.25, 0.3) is 21.8 Å². The van der Waals surface area contributed by atoms with Gasteiger partial charge in [-0.15, -0.1) is 0 Å². The quantitative estimate of drug-likeness (QED) is 0.132. The van der Waals surface area contributed by atoms with E-state index in [1.807, 2.05) is 48.5 Å². The molecule has 2 heterocycles. The Kier molecular flexibility index (Phi) is 8.96. The fraction of sp³-hybridized carbons (Fsp3) is 0.308. The smallest absolute Gasteiger partial charge is 0.197 e. The first-order chi connectivity index (χ1) is 27.1. The summed E-state index contributed by atoms with van der Waals surface area (Å²) in [6, 6.07) is 26.9. The fourth-order valence-electron chi connectivity index (χ4n) is 8.65. The Morgan fingerprint density at radius 2 is 1.02 bits per heavy atom. The molecule has 6 nitrogen and oxygen atoms in total. The molecule has 6 aromatic rings. The molecule has 0 spiro atoms. The van der Waals surface area contributed by atoms with Gasteiger partial charge in [-0.25, -0.2) is 9.97 Å². The fourth-order valence-corrected chi connectivity index (χ4v) is 8.65. The van der Waals surface area contributed by atoms with Gasteiger partial charge in [0, 0.05) is 11.1 Å². The number of aromatic nitrogens is 2. The Hall–Kier alpha value is -5.88. The van der Waals surface area contributed by atoms with E-state index in [0.29, 0.717) is 22.8 Å². The van der Waals surface area contributed by atoms with Gasteiger partial charge in [-0.05, 0) is 125 Å². The summed E-state index contributed by atoms with van der Waals surface area (Å²) in [6.45, 7) is 28.9. The minimum atomic E-state index is -0.286. The van der Waals surface area contributed by atoms with Gasteiger partial charge < -0.3 is 0 Å². The maximum atomic E-state index is 14.2. The average Bonchev–Trinajstić information content (AvgIpc) is 3.54. The van der Waals surface area contributed by atoms with Crippen molar-refractivity contribution in [2.75, 3.05) is 9.80 Å². The van der Waals surface area contributed by atoms with Gasteiger partial charge in [0.1, 0.15) is 5.82 Å². The second-order valence-corrected chi connectivity index (χ2v) is 19.5. The van der Waals surface area contributed by atoms with Gasteiger partial charge >= 0.3 is 0 Å². The number of carbonyl (C=O) groups is 2. The molecule has 294 valence electrons. The molecule has 58 heavy (non-hydrogen) atoms. The molecule has 0 saturated carbocycles. The number of hydrogen-bond donors (Lipinski definition) is 0. The number of aryl methyl sites for hydroxylation is 4. The van der Waals surface area contributed by atoms with Crippen molar-refractivity contribution in [3.05, 3.63) is 152 Å². The maximum absolute atomic E-state index is 14.2. The number of fused-ring (bicyclic) bond motifs is 4. The number of anilines is 4. The largest absolute Gasteiger partial charge is 0.288 e. The van der Waals surface area contributed by atoms with Crippen LogP contribution >= 0.6 is 0 Å². The zero-order valence-corrected chi connectivity index (χ0v) is 36.3. The molecule has 0 unspecified atom stereocenters. The molecule has 6 heteroatoms. The zero-order chi connectivity index (χ0) is 41.8. The molecule has 0 atom stereocenters. The highest BCUT2D eigenvalue weighted by molar-refractivity contribution is 6.40.